The second-order valence-electron chi connectivity index (χ2n) is 5.95. The third-order valence-corrected chi connectivity index (χ3v) is 4.09. The largest absolute Gasteiger partial charge is 0.490 e. The molecular formula is C21H17ClFN3O4. The summed E-state index contributed by atoms with van der Waals surface area (Å²) in [5, 5.41) is 18.9. The first-order valence-corrected chi connectivity index (χ1v) is 9.14. The first kappa shape index (κ1) is 21.1. The minimum atomic E-state index is -0.694. The molecule has 0 spiro atoms. The molecule has 1 aromatic heterocycles. The summed E-state index contributed by atoms with van der Waals surface area (Å²) >= 11 is 5.97. The second kappa shape index (κ2) is 9.71. The number of nitrogens with one attached hydrogen (secondary N) is 3. The van der Waals surface area contributed by atoms with Gasteiger partial charge in [-0.2, -0.15) is 0 Å². The van der Waals surface area contributed by atoms with Gasteiger partial charge in [0, 0.05) is 16.3 Å². The van der Waals surface area contributed by atoms with Crippen molar-refractivity contribution < 1.29 is 23.1 Å². The van der Waals surface area contributed by atoms with Crippen LogP contribution in [0.3, 0.4) is 0 Å². The molecule has 0 unspecified atom stereocenters. The highest BCUT2D eigenvalue weighted by Crippen LogP contribution is 2.24. The van der Waals surface area contributed by atoms with Crippen molar-refractivity contribution in [3.8, 4) is 5.75 Å². The number of furan rings is 1. The van der Waals surface area contributed by atoms with Crippen molar-refractivity contribution in [3.63, 3.8) is 0 Å². The van der Waals surface area contributed by atoms with Crippen LogP contribution in [-0.2, 0) is 4.74 Å². The standard InChI is InChI=1S/C21H17ClFN3O4/c22-14-6-7-17(29-10-8-23)16(12-14)21(27)26-15-4-1-3-13(11-15)19(24)30-20(25)18-5-2-9-28-18/h1-7,9,11-12,24-25H,8,10H2,(H,26,27). The third-order valence-electron chi connectivity index (χ3n) is 3.85. The first-order valence-electron chi connectivity index (χ1n) is 8.77. The Hall–Kier alpha value is -3.65. The van der Waals surface area contributed by atoms with Crippen molar-refractivity contribution in [1.29, 1.82) is 10.8 Å². The number of amides is 1. The van der Waals surface area contributed by atoms with E-state index in [0.29, 0.717) is 16.3 Å². The number of carbonyl (C=O) groups is 1. The van der Waals surface area contributed by atoms with Crippen LogP contribution in [0.1, 0.15) is 21.7 Å². The lowest BCUT2D eigenvalue weighted by Gasteiger charge is -2.12. The van der Waals surface area contributed by atoms with Crippen molar-refractivity contribution in [2.75, 3.05) is 18.6 Å². The number of rotatable bonds is 7. The summed E-state index contributed by atoms with van der Waals surface area (Å²) < 4.78 is 27.9. The molecule has 0 atom stereocenters. The van der Waals surface area contributed by atoms with Crippen LogP contribution in [0.4, 0.5) is 10.1 Å². The number of anilines is 1. The van der Waals surface area contributed by atoms with E-state index in [0.717, 1.165) is 0 Å². The highest BCUT2D eigenvalue weighted by Gasteiger charge is 2.16. The van der Waals surface area contributed by atoms with E-state index in [1.165, 1.54) is 24.5 Å². The monoisotopic (exact) mass is 429 g/mol. The van der Waals surface area contributed by atoms with Crippen LogP contribution < -0.4 is 10.1 Å². The van der Waals surface area contributed by atoms with E-state index in [4.69, 9.17) is 36.3 Å². The highest BCUT2D eigenvalue weighted by atomic mass is 35.5. The van der Waals surface area contributed by atoms with E-state index < -0.39 is 12.6 Å². The fraction of sp³-hybridized carbons (Fsp3) is 0.0952. The van der Waals surface area contributed by atoms with Crippen molar-refractivity contribution in [1.82, 2.24) is 0 Å². The molecule has 30 heavy (non-hydrogen) atoms. The quantitative estimate of drug-likeness (QED) is 0.366. The first-order chi connectivity index (χ1) is 14.5. The van der Waals surface area contributed by atoms with Gasteiger partial charge in [-0.3, -0.25) is 15.6 Å². The fourth-order valence-corrected chi connectivity index (χ4v) is 2.68. The van der Waals surface area contributed by atoms with Gasteiger partial charge >= 0.3 is 0 Å². The molecule has 0 saturated heterocycles. The number of ether oxygens (including phenoxy) is 2. The Kier molecular flexibility index (Phi) is 6.82. The summed E-state index contributed by atoms with van der Waals surface area (Å²) in [6.07, 6.45) is 1.40. The molecule has 154 valence electrons. The molecule has 0 aliphatic heterocycles. The van der Waals surface area contributed by atoms with Crippen molar-refractivity contribution in [2.45, 2.75) is 0 Å². The Morgan fingerprint density at radius 2 is 1.93 bits per heavy atom. The third kappa shape index (κ3) is 5.24. The van der Waals surface area contributed by atoms with Crippen molar-refractivity contribution in [3.05, 3.63) is 82.8 Å². The van der Waals surface area contributed by atoms with Gasteiger partial charge in [0.1, 0.15) is 19.0 Å². The minimum Gasteiger partial charge on any atom is -0.490 e. The SMILES string of the molecule is N=C(OC(=N)c1ccco1)c1cccc(NC(=O)c2cc(Cl)ccc2OCCF)c1. The van der Waals surface area contributed by atoms with Crippen LogP contribution >= 0.6 is 11.6 Å². The smallest absolute Gasteiger partial charge is 0.259 e. The van der Waals surface area contributed by atoms with Gasteiger partial charge in [-0.1, -0.05) is 17.7 Å². The van der Waals surface area contributed by atoms with E-state index in [1.807, 2.05) is 0 Å². The van der Waals surface area contributed by atoms with E-state index in [1.54, 1.807) is 36.4 Å². The van der Waals surface area contributed by atoms with E-state index in [-0.39, 0.29) is 35.5 Å². The van der Waals surface area contributed by atoms with Gasteiger partial charge in [-0.25, -0.2) is 4.39 Å². The Morgan fingerprint density at radius 3 is 2.67 bits per heavy atom. The fourth-order valence-electron chi connectivity index (χ4n) is 2.51. The molecule has 0 saturated carbocycles. The lowest BCUT2D eigenvalue weighted by atomic mass is 10.1. The van der Waals surface area contributed by atoms with Crippen LogP contribution in [0.25, 0.3) is 0 Å². The zero-order chi connectivity index (χ0) is 21.5. The summed E-state index contributed by atoms with van der Waals surface area (Å²) in [5.41, 5.74) is 0.864. The number of alkyl halides is 1. The summed E-state index contributed by atoms with van der Waals surface area (Å²) in [7, 11) is 0. The molecule has 0 bridgehead atoms. The Balaban J connectivity index is 1.73. The molecule has 3 rings (SSSR count). The molecule has 2 aromatic carbocycles. The van der Waals surface area contributed by atoms with Gasteiger partial charge in [0.05, 0.1) is 11.8 Å². The zero-order valence-corrected chi connectivity index (χ0v) is 16.3. The van der Waals surface area contributed by atoms with Crippen LogP contribution in [-0.4, -0.2) is 31.0 Å². The lowest BCUT2D eigenvalue weighted by Crippen LogP contribution is -2.16. The van der Waals surface area contributed by atoms with E-state index in [9.17, 15) is 9.18 Å². The molecule has 0 fully saturated rings. The van der Waals surface area contributed by atoms with Gasteiger partial charge in [-0.15, -0.1) is 0 Å². The van der Waals surface area contributed by atoms with Crippen LogP contribution in [0.15, 0.2) is 65.3 Å². The number of carbonyl (C=O) groups excluding carboxylic acids is 1. The maximum atomic E-state index is 12.7. The molecular weight excluding hydrogens is 413 g/mol. The van der Waals surface area contributed by atoms with Gasteiger partial charge in [-0.05, 0) is 48.5 Å². The normalized spacial score (nSPS) is 10.3. The highest BCUT2D eigenvalue weighted by molar-refractivity contribution is 6.31. The van der Waals surface area contributed by atoms with E-state index >= 15 is 0 Å². The maximum absolute atomic E-state index is 12.7. The molecule has 0 aliphatic rings. The van der Waals surface area contributed by atoms with Gasteiger partial charge in [0.2, 0.25) is 5.90 Å². The number of hydrogen-bond acceptors (Lipinski definition) is 6. The Bertz CT molecular complexity index is 1070. The molecule has 3 aromatic rings. The molecule has 7 nitrogen and oxygen atoms in total. The molecule has 0 aliphatic carbocycles. The van der Waals surface area contributed by atoms with Gasteiger partial charge < -0.3 is 19.2 Å². The zero-order valence-electron chi connectivity index (χ0n) is 15.6. The van der Waals surface area contributed by atoms with E-state index in [2.05, 4.69) is 5.32 Å². The van der Waals surface area contributed by atoms with Crippen molar-refractivity contribution in [2.24, 2.45) is 0 Å². The van der Waals surface area contributed by atoms with Crippen LogP contribution in [0, 0.1) is 10.8 Å². The predicted molar refractivity (Wildman–Crippen MR) is 111 cm³/mol. The number of benzene rings is 2. The maximum Gasteiger partial charge on any atom is 0.259 e. The van der Waals surface area contributed by atoms with Crippen molar-refractivity contribution >= 4 is 35.0 Å². The topological polar surface area (TPSA) is 108 Å². The predicted octanol–water partition coefficient (Wildman–Crippen LogP) is 4.90. The molecule has 9 heteroatoms. The average Bonchev–Trinajstić information content (AvgIpc) is 3.28. The van der Waals surface area contributed by atoms with Gasteiger partial charge in [0.25, 0.3) is 11.8 Å². The summed E-state index contributed by atoms with van der Waals surface area (Å²) in [5.74, 6) is -0.728. The lowest BCUT2D eigenvalue weighted by molar-refractivity contribution is 0.102. The number of halogens is 2. The average molecular weight is 430 g/mol. The molecule has 1 amide bonds. The molecule has 0 radical (unpaired) electrons. The molecule has 3 N–H and O–H groups in total. The van der Waals surface area contributed by atoms with Gasteiger partial charge in [0.15, 0.2) is 5.76 Å². The summed E-state index contributed by atoms with van der Waals surface area (Å²) in [6, 6.07) is 14.0. The van der Waals surface area contributed by atoms with Crippen LogP contribution in [0.5, 0.6) is 5.75 Å². The number of hydrogen-bond donors (Lipinski definition) is 3. The Morgan fingerprint density at radius 1 is 1.10 bits per heavy atom. The molecule has 1 heterocycles. The minimum absolute atomic E-state index is 0.146. The second-order valence-corrected chi connectivity index (χ2v) is 6.39. The summed E-state index contributed by atoms with van der Waals surface area (Å²) in [4.78, 5) is 12.7. The van der Waals surface area contributed by atoms with Crippen LogP contribution in [0.2, 0.25) is 5.02 Å². The Labute approximate surface area is 176 Å². The summed E-state index contributed by atoms with van der Waals surface area (Å²) in [6.45, 7) is -0.881.